The van der Waals surface area contributed by atoms with Crippen molar-refractivity contribution in [3.05, 3.63) is 87.5 Å². The van der Waals surface area contributed by atoms with E-state index in [1.54, 1.807) is 17.0 Å². The molecule has 2 heterocycles. The minimum atomic E-state index is -0.959. The highest BCUT2D eigenvalue weighted by atomic mass is 35.5. The van der Waals surface area contributed by atoms with Crippen LogP contribution in [0.2, 0.25) is 5.15 Å². The van der Waals surface area contributed by atoms with Gasteiger partial charge in [0.1, 0.15) is 5.15 Å². The van der Waals surface area contributed by atoms with Gasteiger partial charge in [-0.3, -0.25) is 10.1 Å². The largest absolute Gasteiger partial charge is 0.298 e. The summed E-state index contributed by atoms with van der Waals surface area (Å²) in [5, 5.41) is 9.25. The maximum Gasteiger partial charge on any atom is 0.262 e. The van der Waals surface area contributed by atoms with Crippen molar-refractivity contribution >= 4 is 34.0 Å². The van der Waals surface area contributed by atoms with Gasteiger partial charge in [-0.25, -0.2) is 18.4 Å². The maximum absolute atomic E-state index is 13.5. The molecule has 4 aromatic rings. The topological polar surface area (TPSA) is 59.8 Å². The van der Waals surface area contributed by atoms with Gasteiger partial charge in [0.25, 0.3) is 5.91 Å². The maximum atomic E-state index is 13.5. The van der Waals surface area contributed by atoms with E-state index in [0.717, 1.165) is 17.7 Å². The Morgan fingerprint density at radius 2 is 1.93 bits per heavy atom. The summed E-state index contributed by atoms with van der Waals surface area (Å²) in [5.41, 5.74) is 2.60. The molecule has 30 heavy (non-hydrogen) atoms. The first kappa shape index (κ1) is 20.2. The fourth-order valence-corrected chi connectivity index (χ4v) is 3.99. The molecule has 0 aliphatic rings. The quantitative estimate of drug-likeness (QED) is 0.439. The minimum Gasteiger partial charge on any atom is -0.298 e. The molecule has 152 valence electrons. The molecule has 0 radical (unpaired) electrons. The molecule has 0 unspecified atom stereocenters. The average Bonchev–Trinajstić information content (AvgIpc) is 3.29. The van der Waals surface area contributed by atoms with E-state index < -0.39 is 17.5 Å². The van der Waals surface area contributed by atoms with Crippen LogP contribution < -0.4 is 5.32 Å². The van der Waals surface area contributed by atoms with Gasteiger partial charge >= 0.3 is 0 Å². The van der Waals surface area contributed by atoms with E-state index in [4.69, 9.17) is 11.6 Å². The molecule has 4 rings (SSSR count). The van der Waals surface area contributed by atoms with Crippen molar-refractivity contribution in [1.29, 1.82) is 0 Å². The number of hydrogen-bond acceptors (Lipinski definition) is 4. The summed E-state index contributed by atoms with van der Waals surface area (Å²) < 4.78 is 28.1. The number of halogens is 3. The molecule has 0 atom stereocenters. The summed E-state index contributed by atoms with van der Waals surface area (Å²) in [4.78, 5) is 17.1. The Kier molecular flexibility index (Phi) is 5.61. The fourth-order valence-electron chi connectivity index (χ4n) is 2.95. The highest BCUT2D eigenvalue weighted by Crippen LogP contribution is 2.28. The van der Waals surface area contributed by atoms with E-state index >= 15 is 0 Å². The monoisotopic (exact) mass is 444 g/mol. The third kappa shape index (κ3) is 4.10. The lowest BCUT2D eigenvalue weighted by atomic mass is 10.2. The van der Waals surface area contributed by atoms with Gasteiger partial charge in [0, 0.05) is 10.9 Å². The predicted octanol–water partition coefficient (Wildman–Crippen LogP) is 5.55. The Labute approximate surface area is 180 Å². The van der Waals surface area contributed by atoms with Crippen molar-refractivity contribution in [3.8, 4) is 11.3 Å². The number of nitrogens with one attached hydrogen (secondary N) is 1. The minimum absolute atomic E-state index is 0.228. The van der Waals surface area contributed by atoms with E-state index in [2.05, 4.69) is 15.4 Å². The zero-order chi connectivity index (χ0) is 21.3. The number of thiazole rings is 1. The van der Waals surface area contributed by atoms with Gasteiger partial charge in [-0.05, 0) is 30.7 Å². The zero-order valence-electron chi connectivity index (χ0n) is 15.7. The van der Waals surface area contributed by atoms with Crippen molar-refractivity contribution in [1.82, 2.24) is 14.8 Å². The van der Waals surface area contributed by atoms with Crippen molar-refractivity contribution in [2.45, 2.75) is 13.5 Å². The van der Waals surface area contributed by atoms with Crippen LogP contribution in [0.3, 0.4) is 0 Å². The summed E-state index contributed by atoms with van der Waals surface area (Å²) in [6, 6.07) is 13.2. The molecule has 0 aliphatic carbocycles. The Balaban J connectivity index is 1.53. The number of anilines is 1. The molecule has 2 aromatic carbocycles. The van der Waals surface area contributed by atoms with Gasteiger partial charge in [-0.2, -0.15) is 5.10 Å². The summed E-state index contributed by atoms with van der Waals surface area (Å²) in [6.07, 6.45) is 0. The van der Waals surface area contributed by atoms with E-state index in [1.807, 2.05) is 30.3 Å². The Morgan fingerprint density at radius 1 is 1.17 bits per heavy atom. The Hall–Kier alpha value is -3.10. The number of carbonyl (C=O) groups excluding carboxylic acids is 1. The van der Waals surface area contributed by atoms with Gasteiger partial charge in [0.05, 0.1) is 23.5 Å². The lowest BCUT2D eigenvalue weighted by Crippen LogP contribution is -2.13. The van der Waals surface area contributed by atoms with E-state index in [-0.39, 0.29) is 10.7 Å². The van der Waals surface area contributed by atoms with Crippen LogP contribution in [0.15, 0.2) is 53.9 Å². The fraction of sp³-hybridized carbons (Fsp3) is 0.0952. The molecule has 0 bridgehead atoms. The third-order valence-corrected chi connectivity index (χ3v) is 5.55. The van der Waals surface area contributed by atoms with Crippen LogP contribution in [0.25, 0.3) is 11.3 Å². The molecule has 0 aliphatic heterocycles. The number of amides is 1. The molecule has 9 heteroatoms. The van der Waals surface area contributed by atoms with Crippen molar-refractivity contribution in [2.24, 2.45) is 0 Å². The van der Waals surface area contributed by atoms with Crippen LogP contribution >= 0.6 is 22.9 Å². The second-order valence-corrected chi connectivity index (χ2v) is 7.73. The predicted molar refractivity (Wildman–Crippen MR) is 113 cm³/mol. The second kappa shape index (κ2) is 8.33. The number of hydrogen-bond donors (Lipinski definition) is 1. The Morgan fingerprint density at radius 3 is 2.67 bits per heavy atom. The highest BCUT2D eigenvalue weighted by Gasteiger charge is 2.21. The molecular weight excluding hydrogens is 430 g/mol. The van der Waals surface area contributed by atoms with E-state index in [1.165, 1.54) is 17.4 Å². The van der Waals surface area contributed by atoms with E-state index in [0.29, 0.717) is 28.6 Å². The molecule has 0 saturated carbocycles. The lowest BCUT2D eigenvalue weighted by Gasteiger charge is -2.04. The smallest absolute Gasteiger partial charge is 0.262 e. The molecule has 1 N–H and O–H groups in total. The standard InChI is InChI=1S/C21H15ClF2N4OS/c1-12-18(19(22)28(27-12)10-13-5-3-2-4-6-13)20(29)26-21-25-17(11-30-21)14-7-8-15(23)16(24)9-14/h2-9,11H,10H2,1H3,(H,25,26,29). The van der Waals surface area contributed by atoms with Crippen molar-refractivity contribution in [2.75, 3.05) is 5.32 Å². The number of nitrogens with zero attached hydrogens (tertiary/aromatic N) is 3. The van der Waals surface area contributed by atoms with Gasteiger partial charge in [0.15, 0.2) is 16.8 Å². The summed E-state index contributed by atoms with van der Waals surface area (Å²) in [7, 11) is 0. The average molecular weight is 445 g/mol. The Bertz CT molecular complexity index is 1220. The van der Waals surface area contributed by atoms with Crippen LogP contribution in [-0.4, -0.2) is 20.7 Å². The molecule has 5 nitrogen and oxygen atoms in total. The number of carbonyl (C=O) groups is 1. The van der Waals surface area contributed by atoms with Gasteiger partial charge in [-0.15, -0.1) is 11.3 Å². The second-order valence-electron chi connectivity index (χ2n) is 6.52. The van der Waals surface area contributed by atoms with Crippen molar-refractivity contribution in [3.63, 3.8) is 0 Å². The number of rotatable bonds is 5. The molecule has 2 aromatic heterocycles. The molecule has 1 amide bonds. The number of aryl methyl sites for hydroxylation is 1. The first-order valence-corrected chi connectivity index (χ1v) is 10.2. The zero-order valence-corrected chi connectivity index (χ0v) is 17.3. The highest BCUT2D eigenvalue weighted by molar-refractivity contribution is 7.14. The first-order chi connectivity index (χ1) is 14.4. The summed E-state index contributed by atoms with van der Waals surface area (Å²) in [6.45, 7) is 2.14. The van der Waals surface area contributed by atoms with Crippen molar-refractivity contribution < 1.29 is 13.6 Å². The molecule has 0 fully saturated rings. The van der Waals surface area contributed by atoms with Crippen LogP contribution in [0.5, 0.6) is 0 Å². The number of benzene rings is 2. The van der Waals surface area contributed by atoms with Gasteiger partial charge in [-0.1, -0.05) is 41.9 Å². The van der Waals surface area contributed by atoms with Gasteiger partial charge < -0.3 is 0 Å². The van der Waals surface area contributed by atoms with Gasteiger partial charge in [0.2, 0.25) is 0 Å². The molecular formula is C21H15ClF2N4OS. The summed E-state index contributed by atoms with van der Waals surface area (Å²) in [5.74, 6) is -2.33. The first-order valence-electron chi connectivity index (χ1n) is 8.91. The van der Waals surface area contributed by atoms with E-state index in [9.17, 15) is 13.6 Å². The van der Waals surface area contributed by atoms with Crippen LogP contribution in [-0.2, 0) is 6.54 Å². The molecule has 0 saturated heterocycles. The summed E-state index contributed by atoms with van der Waals surface area (Å²) >= 11 is 7.59. The van der Waals surface area contributed by atoms with Crippen LogP contribution in [0.1, 0.15) is 21.6 Å². The number of aromatic nitrogens is 3. The third-order valence-electron chi connectivity index (χ3n) is 4.41. The van der Waals surface area contributed by atoms with Crippen LogP contribution in [0.4, 0.5) is 13.9 Å². The normalized spacial score (nSPS) is 10.9. The SMILES string of the molecule is Cc1nn(Cc2ccccc2)c(Cl)c1C(=O)Nc1nc(-c2ccc(F)c(F)c2)cs1. The van der Waals surface area contributed by atoms with Crippen LogP contribution in [0, 0.1) is 18.6 Å². The lowest BCUT2D eigenvalue weighted by molar-refractivity contribution is 0.102. The molecule has 0 spiro atoms.